The first kappa shape index (κ1) is 14.5. The summed E-state index contributed by atoms with van der Waals surface area (Å²) < 4.78 is 1.16. The fourth-order valence-electron chi connectivity index (χ4n) is 3.00. The average Bonchev–Trinajstić information content (AvgIpc) is 2.51. The van der Waals surface area contributed by atoms with Gasteiger partial charge in [-0.3, -0.25) is 0 Å². The summed E-state index contributed by atoms with van der Waals surface area (Å²) in [4.78, 5) is 9.59. The largest absolute Gasteiger partial charge is 0.373 e. The summed E-state index contributed by atoms with van der Waals surface area (Å²) in [6.07, 6.45) is 4.62. The number of hydrogen-bond acceptors (Lipinski definition) is 3. The number of rotatable bonds is 2. The molecule has 1 N–H and O–H groups in total. The second-order valence-electron chi connectivity index (χ2n) is 5.70. The summed E-state index contributed by atoms with van der Waals surface area (Å²) >= 11 is 3.62. The standard InChI is InChI=1S/C17H20BrN3/c1-10-8-12(9-11(2)15(10)18)16-20-14-7-5-4-6-13(14)17(19-3)21-16/h8-9H,4-7H2,1-3H3,(H,19,20,21). The van der Waals surface area contributed by atoms with Gasteiger partial charge in [0.05, 0.1) is 0 Å². The topological polar surface area (TPSA) is 37.8 Å². The molecule has 3 nitrogen and oxygen atoms in total. The van der Waals surface area contributed by atoms with Gasteiger partial charge in [-0.1, -0.05) is 15.9 Å². The molecule has 0 unspecified atom stereocenters. The lowest BCUT2D eigenvalue weighted by atomic mass is 9.96. The lowest BCUT2D eigenvalue weighted by Gasteiger charge is -2.19. The second kappa shape index (κ2) is 5.76. The van der Waals surface area contributed by atoms with Crippen molar-refractivity contribution in [1.82, 2.24) is 9.97 Å². The van der Waals surface area contributed by atoms with Crippen LogP contribution < -0.4 is 5.32 Å². The van der Waals surface area contributed by atoms with Gasteiger partial charge in [-0.05, 0) is 62.8 Å². The molecule has 0 aliphatic heterocycles. The van der Waals surface area contributed by atoms with Crippen molar-refractivity contribution in [3.8, 4) is 11.4 Å². The van der Waals surface area contributed by atoms with Crippen molar-refractivity contribution in [2.24, 2.45) is 0 Å². The third-order valence-corrected chi connectivity index (χ3v) is 5.37. The summed E-state index contributed by atoms with van der Waals surface area (Å²) in [5.41, 5.74) is 6.06. The monoisotopic (exact) mass is 345 g/mol. The first-order chi connectivity index (χ1) is 10.1. The summed E-state index contributed by atoms with van der Waals surface area (Å²) in [6.45, 7) is 4.22. The number of benzene rings is 1. The van der Waals surface area contributed by atoms with Crippen LogP contribution in [-0.4, -0.2) is 17.0 Å². The normalized spacial score (nSPS) is 13.9. The molecule has 1 aromatic carbocycles. The zero-order chi connectivity index (χ0) is 15.0. The molecule has 21 heavy (non-hydrogen) atoms. The van der Waals surface area contributed by atoms with Crippen molar-refractivity contribution in [2.45, 2.75) is 39.5 Å². The Kier molecular flexibility index (Phi) is 3.98. The van der Waals surface area contributed by atoms with E-state index in [1.54, 1.807) is 0 Å². The fourth-order valence-corrected chi connectivity index (χ4v) is 3.23. The van der Waals surface area contributed by atoms with Crippen molar-refractivity contribution >= 4 is 21.7 Å². The molecule has 1 heterocycles. The zero-order valence-electron chi connectivity index (χ0n) is 12.8. The molecule has 0 fully saturated rings. The minimum Gasteiger partial charge on any atom is -0.373 e. The minimum atomic E-state index is 0.832. The van der Waals surface area contributed by atoms with Crippen molar-refractivity contribution in [1.29, 1.82) is 0 Å². The van der Waals surface area contributed by atoms with Crippen LogP contribution in [0.5, 0.6) is 0 Å². The Morgan fingerprint density at radius 2 is 1.71 bits per heavy atom. The number of hydrogen-bond donors (Lipinski definition) is 1. The van der Waals surface area contributed by atoms with Crippen LogP contribution in [0.1, 0.15) is 35.2 Å². The van der Waals surface area contributed by atoms with Crippen molar-refractivity contribution in [2.75, 3.05) is 12.4 Å². The first-order valence-electron chi connectivity index (χ1n) is 7.45. The van der Waals surface area contributed by atoms with Crippen LogP contribution in [0.25, 0.3) is 11.4 Å². The van der Waals surface area contributed by atoms with Gasteiger partial charge in [-0.25, -0.2) is 9.97 Å². The molecule has 0 radical (unpaired) electrons. The molecule has 2 aromatic rings. The Balaban J connectivity index is 2.15. The van der Waals surface area contributed by atoms with E-state index in [0.29, 0.717) is 0 Å². The molecule has 4 heteroatoms. The van der Waals surface area contributed by atoms with Gasteiger partial charge >= 0.3 is 0 Å². The highest BCUT2D eigenvalue weighted by Crippen LogP contribution is 2.31. The third kappa shape index (κ3) is 2.69. The van der Waals surface area contributed by atoms with Gasteiger partial charge < -0.3 is 5.32 Å². The Labute approximate surface area is 134 Å². The summed E-state index contributed by atoms with van der Waals surface area (Å²) in [7, 11) is 1.94. The van der Waals surface area contributed by atoms with E-state index in [-0.39, 0.29) is 0 Å². The van der Waals surface area contributed by atoms with Crippen LogP contribution >= 0.6 is 15.9 Å². The Hall–Kier alpha value is -1.42. The Morgan fingerprint density at radius 1 is 1.05 bits per heavy atom. The van der Waals surface area contributed by atoms with E-state index in [4.69, 9.17) is 9.97 Å². The van der Waals surface area contributed by atoms with E-state index in [9.17, 15) is 0 Å². The highest BCUT2D eigenvalue weighted by molar-refractivity contribution is 9.10. The molecule has 0 amide bonds. The molecular formula is C17H20BrN3. The van der Waals surface area contributed by atoms with Gasteiger partial charge in [0.1, 0.15) is 5.82 Å². The Morgan fingerprint density at radius 3 is 2.38 bits per heavy atom. The number of nitrogens with zero attached hydrogens (tertiary/aromatic N) is 2. The maximum absolute atomic E-state index is 4.84. The zero-order valence-corrected chi connectivity index (χ0v) is 14.3. The maximum Gasteiger partial charge on any atom is 0.161 e. The molecule has 1 aromatic heterocycles. The number of nitrogens with one attached hydrogen (secondary N) is 1. The van der Waals surface area contributed by atoms with Gasteiger partial charge in [0.25, 0.3) is 0 Å². The summed E-state index contributed by atoms with van der Waals surface area (Å²) in [6, 6.07) is 4.31. The SMILES string of the molecule is CNc1nc(-c2cc(C)c(Br)c(C)c2)nc2c1CCCC2. The minimum absolute atomic E-state index is 0.832. The van der Waals surface area contributed by atoms with Crippen LogP contribution in [-0.2, 0) is 12.8 Å². The van der Waals surface area contributed by atoms with E-state index in [1.165, 1.54) is 35.2 Å². The maximum atomic E-state index is 4.84. The molecule has 0 bridgehead atoms. The quantitative estimate of drug-likeness (QED) is 0.873. The molecule has 0 atom stereocenters. The average molecular weight is 346 g/mol. The van der Waals surface area contributed by atoms with Gasteiger partial charge in [0, 0.05) is 28.3 Å². The molecule has 110 valence electrons. The van der Waals surface area contributed by atoms with E-state index in [2.05, 4.69) is 47.2 Å². The molecule has 0 saturated heterocycles. The van der Waals surface area contributed by atoms with Gasteiger partial charge in [-0.15, -0.1) is 0 Å². The number of halogens is 1. The molecular weight excluding hydrogens is 326 g/mol. The molecule has 3 rings (SSSR count). The van der Waals surface area contributed by atoms with Crippen molar-refractivity contribution < 1.29 is 0 Å². The van der Waals surface area contributed by atoms with Crippen molar-refractivity contribution in [3.05, 3.63) is 39.0 Å². The van der Waals surface area contributed by atoms with E-state index >= 15 is 0 Å². The molecule has 1 aliphatic carbocycles. The van der Waals surface area contributed by atoms with Crippen LogP contribution in [0.15, 0.2) is 16.6 Å². The first-order valence-corrected chi connectivity index (χ1v) is 8.24. The van der Waals surface area contributed by atoms with E-state index in [0.717, 1.165) is 34.5 Å². The predicted molar refractivity (Wildman–Crippen MR) is 90.8 cm³/mol. The third-order valence-electron chi connectivity index (χ3n) is 4.11. The summed E-state index contributed by atoms with van der Waals surface area (Å²) in [5, 5.41) is 3.25. The van der Waals surface area contributed by atoms with Gasteiger partial charge in [-0.2, -0.15) is 0 Å². The number of aromatic nitrogens is 2. The lowest BCUT2D eigenvalue weighted by molar-refractivity contribution is 0.665. The number of fused-ring (bicyclic) bond motifs is 1. The molecule has 1 aliphatic rings. The number of anilines is 1. The highest BCUT2D eigenvalue weighted by atomic mass is 79.9. The van der Waals surface area contributed by atoms with Crippen LogP contribution in [0.3, 0.4) is 0 Å². The highest BCUT2D eigenvalue weighted by Gasteiger charge is 2.18. The predicted octanol–water partition coefficient (Wildman–Crippen LogP) is 4.44. The number of aryl methyl sites for hydroxylation is 3. The van der Waals surface area contributed by atoms with Gasteiger partial charge in [0.15, 0.2) is 5.82 Å². The van der Waals surface area contributed by atoms with E-state index in [1.807, 2.05) is 7.05 Å². The van der Waals surface area contributed by atoms with Gasteiger partial charge in [0.2, 0.25) is 0 Å². The molecule has 0 spiro atoms. The van der Waals surface area contributed by atoms with Crippen LogP contribution in [0.2, 0.25) is 0 Å². The second-order valence-corrected chi connectivity index (χ2v) is 6.50. The van der Waals surface area contributed by atoms with Crippen LogP contribution in [0, 0.1) is 13.8 Å². The fraction of sp³-hybridized carbons (Fsp3) is 0.412. The lowest BCUT2D eigenvalue weighted by Crippen LogP contribution is -2.12. The van der Waals surface area contributed by atoms with Crippen molar-refractivity contribution in [3.63, 3.8) is 0 Å². The smallest absolute Gasteiger partial charge is 0.161 e. The Bertz CT molecular complexity index is 654. The van der Waals surface area contributed by atoms with Crippen LogP contribution in [0.4, 0.5) is 5.82 Å². The molecule has 0 saturated carbocycles. The van der Waals surface area contributed by atoms with E-state index < -0.39 is 0 Å². The summed E-state index contributed by atoms with van der Waals surface area (Å²) in [5.74, 6) is 1.83.